The summed E-state index contributed by atoms with van der Waals surface area (Å²) in [6, 6.07) is 9.74. The van der Waals surface area contributed by atoms with Gasteiger partial charge in [-0.2, -0.15) is 5.26 Å². The van der Waals surface area contributed by atoms with Crippen molar-refractivity contribution in [2.45, 2.75) is 26.2 Å². The third kappa shape index (κ3) is 3.35. The van der Waals surface area contributed by atoms with Crippen LogP contribution in [0.3, 0.4) is 0 Å². The summed E-state index contributed by atoms with van der Waals surface area (Å²) in [6.07, 6.45) is 4.20. The molecule has 0 bridgehead atoms. The summed E-state index contributed by atoms with van der Waals surface area (Å²) >= 11 is 0. The molecule has 19 heavy (non-hydrogen) atoms. The van der Waals surface area contributed by atoms with E-state index in [1.54, 1.807) is 0 Å². The minimum Gasteiger partial charge on any atom is -1.00 e. The monoisotopic (exact) mass is 367 g/mol. The van der Waals surface area contributed by atoms with E-state index in [0.717, 1.165) is 5.69 Å². The lowest BCUT2D eigenvalue weighted by Gasteiger charge is -2.13. The number of hydrogen-bond donors (Lipinski definition) is 0. The van der Waals surface area contributed by atoms with Crippen molar-refractivity contribution in [1.29, 1.82) is 5.26 Å². The van der Waals surface area contributed by atoms with E-state index >= 15 is 0 Å². The average Bonchev–Trinajstić information content (AvgIpc) is 2.71. The number of benzene rings is 1. The molecule has 0 unspecified atom stereocenters. The Balaban J connectivity index is 0.00000180. The molecule has 0 radical (unpaired) electrons. The molecule has 2 rings (SSSR count). The minimum atomic E-state index is 0. The summed E-state index contributed by atoms with van der Waals surface area (Å²) in [5.41, 5.74) is 3.14. The van der Waals surface area contributed by atoms with Crippen molar-refractivity contribution < 1.29 is 28.5 Å². The number of aryl methyl sites for hydroxylation is 1. The predicted octanol–water partition coefficient (Wildman–Crippen LogP) is -0.525. The topological polar surface area (TPSA) is 32.6 Å². The van der Waals surface area contributed by atoms with Crippen LogP contribution in [0.25, 0.3) is 5.69 Å². The molecule has 0 aliphatic heterocycles. The molecule has 0 atom stereocenters. The molecular weight excluding hydrogens is 349 g/mol. The zero-order valence-corrected chi connectivity index (χ0v) is 13.8. The van der Waals surface area contributed by atoms with Crippen LogP contribution in [0.1, 0.15) is 32.0 Å². The maximum absolute atomic E-state index is 8.79. The molecule has 0 spiro atoms. The summed E-state index contributed by atoms with van der Waals surface area (Å²) in [5.74, 6) is 0. The van der Waals surface area contributed by atoms with E-state index in [1.165, 1.54) is 5.69 Å². The van der Waals surface area contributed by atoms with E-state index in [4.69, 9.17) is 5.26 Å². The normalized spacial score (nSPS) is 10.7. The summed E-state index contributed by atoms with van der Waals surface area (Å²) in [6.45, 7) is 6.60. The van der Waals surface area contributed by atoms with Gasteiger partial charge in [-0.3, -0.25) is 0 Å². The number of rotatable bonds is 1. The van der Waals surface area contributed by atoms with Crippen LogP contribution in [-0.2, 0) is 12.5 Å². The standard InChI is InChI=1S/C15H18N3.HI/c1-15(2,3)14-10-18(11-17(14)4)13-7-5-12(9-16)6-8-13;/h5-8,10-11H,1-4H3;1H/q+1;/p-1. The maximum atomic E-state index is 8.79. The highest BCUT2D eigenvalue weighted by molar-refractivity contribution is 5.39. The van der Waals surface area contributed by atoms with E-state index < -0.39 is 0 Å². The molecule has 0 aliphatic rings. The summed E-state index contributed by atoms with van der Waals surface area (Å²) in [5, 5.41) is 8.79. The van der Waals surface area contributed by atoms with Crippen molar-refractivity contribution in [2.24, 2.45) is 7.05 Å². The molecule has 1 aromatic heterocycles. The van der Waals surface area contributed by atoms with Crippen LogP contribution in [0.5, 0.6) is 0 Å². The zero-order valence-electron chi connectivity index (χ0n) is 11.7. The van der Waals surface area contributed by atoms with E-state index in [1.807, 2.05) is 24.3 Å². The van der Waals surface area contributed by atoms with Crippen LogP contribution in [-0.4, -0.2) is 4.57 Å². The lowest BCUT2D eigenvalue weighted by Crippen LogP contribution is -3.00. The number of hydrogen-bond acceptors (Lipinski definition) is 1. The fourth-order valence-corrected chi connectivity index (χ4v) is 2.08. The van der Waals surface area contributed by atoms with E-state index in [0.29, 0.717) is 5.56 Å². The SMILES string of the molecule is C[n+]1cn(-c2ccc(C#N)cc2)cc1C(C)(C)C.[I-]. The number of imidazole rings is 1. The Morgan fingerprint density at radius 3 is 2.16 bits per heavy atom. The smallest absolute Gasteiger partial charge is 0.248 e. The van der Waals surface area contributed by atoms with Crippen molar-refractivity contribution in [2.75, 3.05) is 0 Å². The fraction of sp³-hybridized carbons (Fsp3) is 0.333. The lowest BCUT2D eigenvalue weighted by molar-refractivity contribution is -0.681. The first-order chi connectivity index (χ1) is 8.41. The first-order valence-corrected chi connectivity index (χ1v) is 6.00. The third-order valence-corrected chi connectivity index (χ3v) is 3.00. The second kappa shape index (κ2) is 5.74. The Morgan fingerprint density at radius 2 is 1.74 bits per heavy atom. The van der Waals surface area contributed by atoms with Gasteiger partial charge in [0.05, 0.1) is 18.7 Å². The second-order valence-electron chi connectivity index (χ2n) is 5.56. The Bertz CT molecular complexity index is 598. The zero-order chi connectivity index (χ0) is 13.3. The molecule has 1 aromatic carbocycles. The van der Waals surface area contributed by atoms with Crippen molar-refractivity contribution in [3.8, 4) is 11.8 Å². The predicted molar refractivity (Wildman–Crippen MR) is 70.4 cm³/mol. The second-order valence-corrected chi connectivity index (χ2v) is 5.56. The largest absolute Gasteiger partial charge is 1.00 e. The number of aromatic nitrogens is 2. The Kier molecular flexibility index (Phi) is 4.75. The van der Waals surface area contributed by atoms with Crippen LogP contribution < -0.4 is 28.5 Å². The van der Waals surface area contributed by atoms with Crippen LogP contribution in [0.15, 0.2) is 36.8 Å². The molecule has 4 heteroatoms. The fourth-order valence-electron chi connectivity index (χ4n) is 2.08. The van der Waals surface area contributed by atoms with E-state index in [-0.39, 0.29) is 29.4 Å². The molecule has 1 heterocycles. The average molecular weight is 367 g/mol. The molecule has 0 saturated heterocycles. The molecule has 0 N–H and O–H groups in total. The third-order valence-electron chi connectivity index (χ3n) is 3.00. The van der Waals surface area contributed by atoms with Gasteiger partial charge in [0, 0.05) is 5.41 Å². The van der Waals surface area contributed by atoms with Gasteiger partial charge in [0.1, 0.15) is 17.6 Å². The highest BCUT2D eigenvalue weighted by Crippen LogP contribution is 2.20. The minimum absolute atomic E-state index is 0. The van der Waals surface area contributed by atoms with Crippen molar-refractivity contribution in [1.82, 2.24) is 4.57 Å². The van der Waals surface area contributed by atoms with Crippen molar-refractivity contribution in [3.05, 3.63) is 48.0 Å². The Hall–Kier alpha value is -1.35. The molecule has 100 valence electrons. The molecule has 0 fully saturated rings. The van der Waals surface area contributed by atoms with Crippen molar-refractivity contribution in [3.63, 3.8) is 0 Å². The van der Waals surface area contributed by atoms with Crippen LogP contribution in [0.2, 0.25) is 0 Å². The van der Waals surface area contributed by atoms with Crippen LogP contribution in [0, 0.1) is 11.3 Å². The molecule has 0 aliphatic carbocycles. The Labute approximate surface area is 131 Å². The van der Waals surface area contributed by atoms with Gasteiger partial charge in [-0.15, -0.1) is 0 Å². The number of halogens is 1. The van der Waals surface area contributed by atoms with Gasteiger partial charge in [-0.25, -0.2) is 9.13 Å². The molecule has 0 amide bonds. The maximum Gasteiger partial charge on any atom is 0.248 e. The Morgan fingerprint density at radius 1 is 1.16 bits per heavy atom. The van der Waals surface area contributed by atoms with Crippen LogP contribution >= 0.6 is 0 Å². The van der Waals surface area contributed by atoms with Gasteiger partial charge in [0.2, 0.25) is 6.33 Å². The summed E-state index contributed by atoms with van der Waals surface area (Å²) < 4.78 is 4.22. The van der Waals surface area contributed by atoms with Crippen molar-refractivity contribution >= 4 is 0 Å². The van der Waals surface area contributed by atoms with Gasteiger partial charge >= 0.3 is 0 Å². The molecule has 0 saturated carbocycles. The number of nitriles is 1. The quantitative estimate of drug-likeness (QED) is 0.493. The lowest BCUT2D eigenvalue weighted by atomic mass is 9.93. The van der Waals surface area contributed by atoms with Crippen LogP contribution in [0.4, 0.5) is 0 Å². The van der Waals surface area contributed by atoms with E-state index in [2.05, 4.69) is 55.5 Å². The van der Waals surface area contributed by atoms with Gasteiger partial charge in [0.25, 0.3) is 0 Å². The molecule has 2 aromatic rings. The summed E-state index contributed by atoms with van der Waals surface area (Å²) in [4.78, 5) is 0. The molecular formula is C15H18IN3. The highest BCUT2D eigenvalue weighted by Gasteiger charge is 2.24. The van der Waals surface area contributed by atoms with Gasteiger partial charge < -0.3 is 24.0 Å². The first kappa shape index (κ1) is 15.7. The molecule has 3 nitrogen and oxygen atoms in total. The van der Waals surface area contributed by atoms with Gasteiger partial charge in [0.15, 0.2) is 0 Å². The first-order valence-electron chi connectivity index (χ1n) is 6.00. The highest BCUT2D eigenvalue weighted by atomic mass is 127. The van der Waals surface area contributed by atoms with Gasteiger partial charge in [-0.05, 0) is 24.3 Å². The summed E-state index contributed by atoms with van der Waals surface area (Å²) in [7, 11) is 2.06. The van der Waals surface area contributed by atoms with Gasteiger partial charge in [-0.1, -0.05) is 20.8 Å². The van der Waals surface area contributed by atoms with E-state index in [9.17, 15) is 0 Å². The number of nitrogens with zero attached hydrogens (tertiary/aromatic N) is 3.